The second-order valence-corrected chi connectivity index (χ2v) is 13.0. The molecule has 2 saturated heterocycles. The van der Waals surface area contributed by atoms with Crippen LogP contribution in [0.25, 0.3) is 0 Å². The van der Waals surface area contributed by atoms with E-state index in [2.05, 4.69) is 35.4 Å². The molecule has 0 unspecified atom stereocenters. The van der Waals surface area contributed by atoms with E-state index in [1.807, 2.05) is 24.3 Å². The lowest BCUT2D eigenvalue weighted by molar-refractivity contribution is 0.0979. The Labute approximate surface area is 220 Å². The lowest BCUT2D eigenvalue weighted by Crippen LogP contribution is -2.44. The summed E-state index contributed by atoms with van der Waals surface area (Å²) in [6.45, 7) is 8.09. The van der Waals surface area contributed by atoms with Crippen LogP contribution in [0.3, 0.4) is 0 Å². The molecule has 1 amide bonds. The van der Waals surface area contributed by atoms with Crippen molar-refractivity contribution in [3.8, 4) is 0 Å². The monoisotopic (exact) mass is 532 g/mol. The van der Waals surface area contributed by atoms with Gasteiger partial charge in [0.1, 0.15) is 5.82 Å². The van der Waals surface area contributed by atoms with Gasteiger partial charge in [0, 0.05) is 36.4 Å². The van der Waals surface area contributed by atoms with Gasteiger partial charge in [-0.05, 0) is 87.6 Å². The molecule has 2 aliphatic heterocycles. The summed E-state index contributed by atoms with van der Waals surface area (Å²) >= 11 is 5.94. The molecule has 2 aliphatic rings. The molecule has 0 spiro atoms. The molecular formula is C27H37ClN4O3S. The molecule has 0 radical (unpaired) electrons. The molecular weight excluding hydrogens is 496 g/mol. The normalized spacial score (nSPS) is 22.2. The van der Waals surface area contributed by atoms with Crippen LogP contribution in [0, 0.1) is 11.8 Å². The smallest absolute Gasteiger partial charge is 0.304 e. The first-order chi connectivity index (χ1) is 17.0. The lowest BCUT2D eigenvalue weighted by Gasteiger charge is -2.33. The highest BCUT2D eigenvalue weighted by atomic mass is 35.5. The first-order valence-corrected chi connectivity index (χ1v) is 14.7. The fourth-order valence-corrected chi connectivity index (χ4v) is 7.00. The number of amides is 1. The number of halogens is 1. The molecule has 0 bridgehead atoms. The Bertz CT molecular complexity index is 1170. The summed E-state index contributed by atoms with van der Waals surface area (Å²) in [6.07, 6.45) is 7.50. The van der Waals surface area contributed by atoms with Crippen molar-refractivity contribution in [1.29, 1.82) is 0 Å². The van der Waals surface area contributed by atoms with Gasteiger partial charge in [0.15, 0.2) is 0 Å². The van der Waals surface area contributed by atoms with E-state index in [-0.39, 0.29) is 5.54 Å². The lowest BCUT2D eigenvalue weighted by atomic mass is 9.97. The molecule has 2 atom stereocenters. The maximum absolute atomic E-state index is 13.1. The number of aromatic nitrogens is 1. The highest BCUT2D eigenvalue weighted by Gasteiger charge is 2.39. The van der Waals surface area contributed by atoms with E-state index in [9.17, 15) is 13.2 Å². The number of nitrogens with zero attached hydrogens (tertiary/aromatic N) is 3. The Morgan fingerprint density at radius 3 is 2.61 bits per heavy atom. The summed E-state index contributed by atoms with van der Waals surface area (Å²) in [5.74, 6) is 0.691. The summed E-state index contributed by atoms with van der Waals surface area (Å²) in [5.41, 5.74) is 1.40. The number of aryl methyl sites for hydroxylation is 1. The second kappa shape index (κ2) is 11.1. The van der Waals surface area contributed by atoms with Crippen LogP contribution >= 0.6 is 11.6 Å². The van der Waals surface area contributed by atoms with E-state index in [0.29, 0.717) is 36.3 Å². The van der Waals surface area contributed by atoms with Gasteiger partial charge in [0.05, 0.1) is 5.56 Å². The summed E-state index contributed by atoms with van der Waals surface area (Å²) in [5, 5.41) is 0.743. The first-order valence-electron chi connectivity index (χ1n) is 12.8. The summed E-state index contributed by atoms with van der Waals surface area (Å²) in [4.78, 5) is 19.7. The molecule has 2 fully saturated rings. The zero-order valence-electron chi connectivity index (χ0n) is 21.4. The van der Waals surface area contributed by atoms with Gasteiger partial charge in [-0.1, -0.05) is 37.1 Å². The minimum atomic E-state index is -3.92. The van der Waals surface area contributed by atoms with E-state index in [1.54, 1.807) is 18.3 Å². The van der Waals surface area contributed by atoms with E-state index in [0.717, 1.165) is 50.1 Å². The van der Waals surface area contributed by atoms with Gasteiger partial charge in [-0.25, -0.2) is 9.71 Å². The first kappa shape index (κ1) is 26.9. The van der Waals surface area contributed by atoms with Crippen LogP contribution in [-0.4, -0.2) is 48.8 Å². The quantitative estimate of drug-likeness (QED) is 0.456. The average Bonchev–Trinajstić information content (AvgIpc) is 3.41. The molecule has 1 aromatic carbocycles. The Balaban J connectivity index is 1.32. The third kappa shape index (κ3) is 6.39. The fourth-order valence-electron chi connectivity index (χ4n) is 5.65. The number of carbonyl (C=O) groups is 1. The minimum absolute atomic E-state index is 0.155. The van der Waals surface area contributed by atoms with Gasteiger partial charge >= 0.3 is 10.2 Å². The van der Waals surface area contributed by atoms with Crippen molar-refractivity contribution in [3.63, 3.8) is 0 Å². The van der Waals surface area contributed by atoms with Crippen LogP contribution in [0.4, 0.5) is 5.82 Å². The maximum atomic E-state index is 13.1. The van der Waals surface area contributed by atoms with Crippen molar-refractivity contribution in [3.05, 3.63) is 58.7 Å². The largest absolute Gasteiger partial charge is 0.351 e. The number of hydrogen-bond acceptors (Lipinski definition) is 5. The minimum Gasteiger partial charge on any atom is -0.351 e. The molecule has 3 heterocycles. The van der Waals surface area contributed by atoms with Crippen molar-refractivity contribution in [2.45, 2.75) is 64.8 Å². The van der Waals surface area contributed by atoms with Gasteiger partial charge in [-0.2, -0.15) is 12.7 Å². The van der Waals surface area contributed by atoms with Crippen LogP contribution < -0.4 is 9.62 Å². The van der Waals surface area contributed by atoms with E-state index in [1.165, 1.54) is 9.87 Å². The van der Waals surface area contributed by atoms with Crippen LogP contribution in [0.15, 0.2) is 42.6 Å². The molecule has 7 nitrogen and oxygen atoms in total. The zero-order valence-corrected chi connectivity index (χ0v) is 23.0. The van der Waals surface area contributed by atoms with Gasteiger partial charge < -0.3 is 4.90 Å². The highest BCUT2D eigenvalue weighted by Crippen LogP contribution is 2.37. The predicted octanol–water partition coefficient (Wildman–Crippen LogP) is 5.07. The molecule has 1 N–H and O–H groups in total. The van der Waals surface area contributed by atoms with Crippen LogP contribution in [0.1, 0.15) is 68.8 Å². The highest BCUT2D eigenvalue weighted by molar-refractivity contribution is 7.87. The molecule has 4 rings (SSSR count). The van der Waals surface area contributed by atoms with Crippen LogP contribution in [-0.2, 0) is 16.6 Å². The Kier molecular flexibility index (Phi) is 8.27. The fraction of sp³-hybridized carbons (Fsp3) is 0.556. The van der Waals surface area contributed by atoms with Crippen molar-refractivity contribution in [2.24, 2.45) is 11.8 Å². The Morgan fingerprint density at radius 1 is 1.17 bits per heavy atom. The molecule has 196 valence electrons. The summed E-state index contributed by atoms with van der Waals surface area (Å²) < 4.78 is 29.9. The SMILES string of the molecule is C[C@@H]1CN(c2ncccc2C(=O)NS(=O)(=O)N2CC[C@@H](CCCCc3ccc(Cl)cc3)C2)C(C)(C)C1. The number of anilines is 1. The van der Waals surface area contributed by atoms with Crippen LogP contribution in [0.2, 0.25) is 5.02 Å². The Morgan fingerprint density at radius 2 is 1.92 bits per heavy atom. The number of nitrogens with one attached hydrogen (secondary N) is 1. The third-order valence-electron chi connectivity index (χ3n) is 7.41. The zero-order chi connectivity index (χ0) is 25.9. The number of pyridine rings is 1. The van der Waals surface area contributed by atoms with Crippen LogP contribution in [0.5, 0.6) is 0 Å². The van der Waals surface area contributed by atoms with E-state index < -0.39 is 16.1 Å². The summed E-state index contributed by atoms with van der Waals surface area (Å²) in [7, 11) is -3.92. The average molecular weight is 533 g/mol. The van der Waals surface area contributed by atoms with Crippen molar-refractivity contribution in [1.82, 2.24) is 14.0 Å². The molecule has 9 heteroatoms. The second-order valence-electron chi connectivity index (χ2n) is 10.9. The molecule has 36 heavy (non-hydrogen) atoms. The molecule has 1 aromatic heterocycles. The topological polar surface area (TPSA) is 82.6 Å². The van der Waals surface area contributed by atoms with Crippen molar-refractivity contribution in [2.75, 3.05) is 24.5 Å². The predicted molar refractivity (Wildman–Crippen MR) is 145 cm³/mol. The van der Waals surface area contributed by atoms with Crippen molar-refractivity contribution >= 4 is 33.5 Å². The van der Waals surface area contributed by atoms with E-state index >= 15 is 0 Å². The molecule has 0 aliphatic carbocycles. The Hall–Kier alpha value is -2.16. The standard InChI is InChI=1S/C27H37ClN4O3S/c1-20-17-27(2,3)32(18-20)25-24(9-6-15-29-25)26(33)30-36(34,35)31-16-14-22(19-31)8-5-4-7-21-10-12-23(28)13-11-21/h6,9-13,15,20,22H,4-5,7-8,14,16-19H2,1-3H3,(H,30,33)/t20-,22+/m0/s1. The number of rotatable bonds is 9. The van der Waals surface area contributed by atoms with E-state index in [4.69, 9.17) is 11.6 Å². The van der Waals surface area contributed by atoms with Gasteiger partial charge in [0.25, 0.3) is 5.91 Å². The van der Waals surface area contributed by atoms with Crippen molar-refractivity contribution < 1.29 is 13.2 Å². The number of carbonyl (C=O) groups excluding carboxylic acids is 1. The van der Waals surface area contributed by atoms with Gasteiger partial charge in [0.2, 0.25) is 0 Å². The molecule has 2 aromatic rings. The maximum Gasteiger partial charge on any atom is 0.304 e. The van der Waals surface area contributed by atoms with Gasteiger partial charge in [-0.15, -0.1) is 0 Å². The summed E-state index contributed by atoms with van der Waals surface area (Å²) in [6, 6.07) is 11.2. The number of hydrogen-bond donors (Lipinski definition) is 1. The number of benzene rings is 1. The molecule has 0 saturated carbocycles. The van der Waals surface area contributed by atoms with Gasteiger partial charge in [-0.3, -0.25) is 4.79 Å². The third-order valence-corrected chi connectivity index (χ3v) is 9.12. The number of unbranched alkanes of at least 4 members (excludes halogenated alkanes) is 1.